The van der Waals surface area contributed by atoms with Gasteiger partial charge in [-0.15, -0.1) is 11.3 Å². The number of thiophene rings is 1. The van der Waals surface area contributed by atoms with E-state index in [0.29, 0.717) is 19.5 Å². The molecule has 1 atom stereocenters. The van der Waals surface area contributed by atoms with Crippen molar-refractivity contribution in [2.75, 3.05) is 19.6 Å². The molecule has 0 radical (unpaired) electrons. The summed E-state index contributed by atoms with van der Waals surface area (Å²) < 4.78 is 0. The van der Waals surface area contributed by atoms with Crippen molar-refractivity contribution in [3.63, 3.8) is 0 Å². The van der Waals surface area contributed by atoms with Crippen LogP contribution in [0.4, 0.5) is 0 Å². The van der Waals surface area contributed by atoms with Crippen molar-refractivity contribution in [2.24, 2.45) is 5.92 Å². The van der Waals surface area contributed by atoms with Gasteiger partial charge in [-0.3, -0.25) is 9.59 Å². The van der Waals surface area contributed by atoms with Crippen LogP contribution in [0.15, 0.2) is 35.7 Å². The summed E-state index contributed by atoms with van der Waals surface area (Å²) in [5.41, 5.74) is 3.75. The number of nitrogens with zero attached hydrogens (tertiary/aromatic N) is 2. The number of fused-ring (bicyclic) bond motifs is 1. The zero-order valence-electron chi connectivity index (χ0n) is 20.5. The topological polar surface area (TPSA) is 40.6 Å². The number of rotatable bonds is 7. The highest BCUT2D eigenvalue weighted by Gasteiger charge is 2.34. The Morgan fingerprint density at radius 1 is 1.16 bits per heavy atom. The van der Waals surface area contributed by atoms with E-state index in [9.17, 15) is 9.59 Å². The van der Waals surface area contributed by atoms with Crippen LogP contribution in [-0.2, 0) is 21.4 Å². The molecule has 3 rings (SSSR count). The molecule has 1 unspecified atom stereocenters. The third-order valence-corrected chi connectivity index (χ3v) is 7.13. The van der Waals surface area contributed by atoms with E-state index >= 15 is 0 Å². The predicted molar refractivity (Wildman–Crippen MR) is 133 cm³/mol. The molecule has 2 heterocycles. The van der Waals surface area contributed by atoms with Crippen LogP contribution in [-0.4, -0.2) is 41.2 Å². The van der Waals surface area contributed by atoms with Crippen molar-refractivity contribution in [3.05, 3.63) is 57.3 Å². The van der Waals surface area contributed by atoms with Gasteiger partial charge >= 0.3 is 0 Å². The normalized spacial score (nSPS) is 16.2. The van der Waals surface area contributed by atoms with Crippen LogP contribution in [0.5, 0.6) is 0 Å². The molecular weight excluding hydrogens is 416 g/mol. The molecule has 0 spiro atoms. The van der Waals surface area contributed by atoms with Crippen molar-refractivity contribution < 1.29 is 9.59 Å². The summed E-state index contributed by atoms with van der Waals surface area (Å²) in [5, 5.41) is 2.13. The molecule has 4 nitrogen and oxygen atoms in total. The molecule has 32 heavy (non-hydrogen) atoms. The lowest BCUT2D eigenvalue weighted by atomic mass is 9.85. The molecule has 2 aromatic rings. The highest BCUT2D eigenvalue weighted by atomic mass is 32.1. The van der Waals surface area contributed by atoms with Crippen molar-refractivity contribution in [2.45, 2.75) is 72.3 Å². The molecule has 174 valence electrons. The molecule has 1 aliphatic heterocycles. The summed E-state index contributed by atoms with van der Waals surface area (Å²) in [6.45, 7) is 14.3. The fourth-order valence-corrected chi connectivity index (χ4v) is 5.31. The van der Waals surface area contributed by atoms with Crippen LogP contribution in [0.2, 0.25) is 0 Å². The minimum atomic E-state index is -0.0878. The number of amides is 2. The summed E-state index contributed by atoms with van der Waals surface area (Å²) in [6.07, 6.45) is 2.21. The van der Waals surface area contributed by atoms with E-state index < -0.39 is 0 Å². The van der Waals surface area contributed by atoms with E-state index in [1.54, 1.807) is 16.2 Å². The van der Waals surface area contributed by atoms with Gasteiger partial charge in [0.15, 0.2) is 0 Å². The molecule has 0 N–H and O–H groups in total. The van der Waals surface area contributed by atoms with E-state index in [-0.39, 0.29) is 35.7 Å². The Labute approximate surface area is 197 Å². The third kappa shape index (κ3) is 5.61. The molecule has 2 amide bonds. The van der Waals surface area contributed by atoms with Gasteiger partial charge < -0.3 is 9.80 Å². The standard InChI is InChI=1S/C27H38N2O2S/c1-7-14-28(24(30)17-19(2)3)18-25(31)29-15-12-23-22(13-16-32-23)26(29)20-8-10-21(11-9-20)27(4,5)6/h8-11,13,16,19,26H,7,12,14-15,17-18H2,1-6H3. The summed E-state index contributed by atoms with van der Waals surface area (Å²) >= 11 is 1.78. The molecule has 1 aliphatic rings. The Bertz CT molecular complexity index is 924. The quantitative estimate of drug-likeness (QED) is 0.530. The van der Waals surface area contributed by atoms with Crippen LogP contribution >= 0.6 is 11.3 Å². The second-order valence-electron chi connectivity index (χ2n) is 10.3. The average Bonchev–Trinajstić information content (AvgIpc) is 3.20. The first-order valence-corrected chi connectivity index (χ1v) is 12.7. The molecule has 0 bridgehead atoms. The number of carbonyl (C=O) groups is 2. The Balaban J connectivity index is 1.88. The third-order valence-electron chi connectivity index (χ3n) is 6.13. The minimum absolute atomic E-state index is 0.0392. The SMILES string of the molecule is CCCN(CC(=O)N1CCc2sccc2C1c1ccc(C(C)(C)C)cc1)C(=O)CC(C)C. The van der Waals surface area contributed by atoms with E-state index in [1.807, 2.05) is 18.7 Å². The van der Waals surface area contributed by atoms with Crippen LogP contribution in [0.25, 0.3) is 0 Å². The fourth-order valence-electron chi connectivity index (χ4n) is 4.40. The van der Waals surface area contributed by atoms with Gasteiger partial charge in [0, 0.05) is 24.4 Å². The highest BCUT2D eigenvalue weighted by molar-refractivity contribution is 7.10. The number of hydrogen-bond acceptors (Lipinski definition) is 3. The summed E-state index contributed by atoms with van der Waals surface area (Å²) in [4.78, 5) is 31.4. The molecule has 0 aliphatic carbocycles. The van der Waals surface area contributed by atoms with Gasteiger partial charge in [-0.25, -0.2) is 0 Å². The number of benzene rings is 1. The Hall–Kier alpha value is -2.14. The van der Waals surface area contributed by atoms with E-state index in [1.165, 1.54) is 16.0 Å². The highest BCUT2D eigenvalue weighted by Crippen LogP contribution is 2.38. The van der Waals surface area contributed by atoms with Crippen molar-refractivity contribution in [3.8, 4) is 0 Å². The molecule has 1 aromatic heterocycles. The number of carbonyl (C=O) groups excluding carboxylic acids is 2. The van der Waals surface area contributed by atoms with Gasteiger partial charge in [0.2, 0.25) is 11.8 Å². The van der Waals surface area contributed by atoms with Gasteiger partial charge in [-0.05, 0) is 52.3 Å². The Morgan fingerprint density at radius 3 is 2.44 bits per heavy atom. The maximum absolute atomic E-state index is 13.6. The lowest BCUT2D eigenvalue weighted by Gasteiger charge is -2.38. The van der Waals surface area contributed by atoms with Gasteiger partial charge in [0.05, 0.1) is 12.6 Å². The van der Waals surface area contributed by atoms with Gasteiger partial charge in [0.1, 0.15) is 0 Å². The van der Waals surface area contributed by atoms with E-state index in [0.717, 1.165) is 18.4 Å². The maximum Gasteiger partial charge on any atom is 0.242 e. The Kier molecular flexibility index (Phi) is 7.81. The molecular formula is C27H38N2O2S. The first-order valence-electron chi connectivity index (χ1n) is 11.9. The van der Waals surface area contributed by atoms with Gasteiger partial charge in [-0.2, -0.15) is 0 Å². The zero-order chi connectivity index (χ0) is 23.5. The van der Waals surface area contributed by atoms with E-state index in [2.05, 4.69) is 63.4 Å². The van der Waals surface area contributed by atoms with Crippen molar-refractivity contribution in [1.82, 2.24) is 9.80 Å². The average molecular weight is 455 g/mol. The van der Waals surface area contributed by atoms with Crippen LogP contribution in [0, 0.1) is 5.92 Å². The van der Waals surface area contributed by atoms with Gasteiger partial charge in [0.25, 0.3) is 0 Å². The smallest absolute Gasteiger partial charge is 0.242 e. The van der Waals surface area contributed by atoms with Crippen LogP contribution in [0.1, 0.15) is 82.0 Å². The zero-order valence-corrected chi connectivity index (χ0v) is 21.3. The summed E-state index contributed by atoms with van der Waals surface area (Å²) in [5.74, 6) is 0.404. The van der Waals surface area contributed by atoms with Gasteiger partial charge in [-0.1, -0.05) is 65.8 Å². The molecule has 0 fully saturated rings. The molecule has 0 saturated carbocycles. The van der Waals surface area contributed by atoms with E-state index in [4.69, 9.17) is 0 Å². The summed E-state index contributed by atoms with van der Waals surface area (Å²) in [7, 11) is 0. The maximum atomic E-state index is 13.6. The number of hydrogen-bond donors (Lipinski definition) is 0. The van der Waals surface area contributed by atoms with Crippen LogP contribution in [0.3, 0.4) is 0 Å². The van der Waals surface area contributed by atoms with Crippen molar-refractivity contribution in [1.29, 1.82) is 0 Å². The molecule has 1 aromatic carbocycles. The predicted octanol–water partition coefficient (Wildman–Crippen LogP) is 5.80. The molecule has 5 heteroatoms. The first-order chi connectivity index (χ1) is 15.1. The monoisotopic (exact) mass is 454 g/mol. The lowest BCUT2D eigenvalue weighted by Crippen LogP contribution is -2.47. The Morgan fingerprint density at radius 2 is 1.84 bits per heavy atom. The second kappa shape index (κ2) is 10.2. The molecule has 0 saturated heterocycles. The fraction of sp³-hybridized carbons (Fsp3) is 0.556. The first kappa shape index (κ1) is 24.5. The second-order valence-corrected chi connectivity index (χ2v) is 11.3. The van der Waals surface area contributed by atoms with Crippen molar-refractivity contribution >= 4 is 23.2 Å². The lowest BCUT2D eigenvalue weighted by molar-refractivity contribution is -0.142. The minimum Gasteiger partial charge on any atom is -0.333 e. The largest absolute Gasteiger partial charge is 0.333 e. The van der Waals surface area contributed by atoms with Crippen LogP contribution < -0.4 is 0 Å². The summed E-state index contributed by atoms with van der Waals surface area (Å²) in [6, 6.07) is 10.8.